The van der Waals surface area contributed by atoms with Crippen molar-refractivity contribution in [3.63, 3.8) is 0 Å². The number of carbonyl (C=O) groups is 2. The Hall–Kier alpha value is -2.28. The Morgan fingerprint density at radius 3 is 2.56 bits per heavy atom. The summed E-state index contributed by atoms with van der Waals surface area (Å²) in [6.07, 6.45) is 9.06. The Morgan fingerprint density at radius 1 is 1.08 bits per heavy atom. The number of rotatable bonds is 7. The molecular formula is C29H43N3O4. The van der Waals surface area contributed by atoms with Gasteiger partial charge in [0.1, 0.15) is 5.75 Å². The highest BCUT2D eigenvalue weighted by Gasteiger charge is 2.53. The predicted octanol–water partition coefficient (Wildman–Crippen LogP) is 4.35. The average molecular weight is 498 g/mol. The smallest absolute Gasteiger partial charge is 0.317 e. The van der Waals surface area contributed by atoms with Gasteiger partial charge in [-0.25, -0.2) is 4.79 Å². The van der Waals surface area contributed by atoms with Crippen molar-refractivity contribution < 1.29 is 19.4 Å². The first-order valence-electron chi connectivity index (χ1n) is 14.1. The molecule has 1 aromatic rings. The molecule has 5 rings (SSSR count). The minimum absolute atomic E-state index is 0.0203. The van der Waals surface area contributed by atoms with E-state index in [0.29, 0.717) is 35.8 Å². The van der Waals surface area contributed by atoms with Gasteiger partial charge >= 0.3 is 6.03 Å². The first-order valence-corrected chi connectivity index (χ1v) is 14.1. The van der Waals surface area contributed by atoms with Crippen molar-refractivity contribution in [1.29, 1.82) is 0 Å². The number of amides is 3. The summed E-state index contributed by atoms with van der Waals surface area (Å²) >= 11 is 0. The van der Waals surface area contributed by atoms with Crippen LogP contribution in [0.2, 0.25) is 0 Å². The molecule has 3 amide bonds. The number of nitrogens with one attached hydrogen (secondary N) is 2. The highest BCUT2D eigenvalue weighted by atomic mass is 16.5. The van der Waals surface area contributed by atoms with Crippen LogP contribution in [-0.2, 0) is 0 Å². The maximum Gasteiger partial charge on any atom is 0.317 e. The van der Waals surface area contributed by atoms with Gasteiger partial charge in [-0.2, -0.15) is 0 Å². The summed E-state index contributed by atoms with van der Waals surface area (Å²) in [7, 11) is 0. The zero-order valence-electron chi connectivity index (χ0n) is 21.9. The van der Waals surface area contributed by atoms with Crippen molar-refractivity contribution in [3.8, 4) is 5.75 Å². The van der Waals surface area contributed by atoms with Gasteiger partial charge in [0, 0.05) is 30.7 Å². The van der Waals surface area contributed by atoms with E-state index in [2.05, 4.69) is 10.6 Å². The standard InChI is InChI=1S/C29H43N3O4/c1-19(2)30-28(34)32-12-9-20(10-13-32)11-14-36-24-6-4-22(5-7-24)27(33)31-26-8-3-21-15-23-17-29(35,16-21)18-25(23)26/h4-7,19-21,23,25-26,35H,3,8-18H2,1-2H3,(H,30,34)(H,31,33). The van der Waals surface area contributed by atoms with E-state index in [0.717, 1.165) is 70.2 Å². The number of aliphatic hydroxyl groups is 1. The lowest BCUT2D eigenvalue weighted by Crippen LogP contribution is -2.46. The maximum absolute atomic E-state index is 13.0. The maximum atomic E-state index is 13.0. The molecule has 36 heavy (non-hydrogen) atoms. The quantitative estimate of drug-likeness (QED) is 0.523. The average Bonchev–Trinajstić information content (AvgIpc) is 3.03. The lowest BCUT2D eigenvalue weighted by molar-refractivity contribution is -0.00594. The summed E-state index contributed by atoms with van der Waals surface area (Å²) in [5, 5.41) is 17.2. The summed E-state index contributed by atoms with van der Waals surface area (Å²) in [5.41, 5.74) is 0.178. The van der Waals surface area contributed by atoms with Crippen LogP contribution in [0.1, 0.15) is 82.0 Å². The van der Waals surface area contributed by atoms with E-state index in [1.807, 2.05) is 43.0 Å². The molecule has 1 aromatic carbocycles. The summed E-state index contributed by atoms with van der Waals surface area (Å²) in [5.74, 6) is 2.92. The minimum Gasteiger partial charge on any atom is -0.494 e. The third-order valence-electron chi connectivity index (χ3n) is 9.11. The Balaban J connectivity index is 1.05. The molecule has 3 N–H and O–H groups in total. The molecule has 1 heterocycles. The zero-order valence-corrected chi connectivity index (χ0v) is 21.9. The van der Waals surface area contributed by atoms with Gasteiger partial charge in [0.2, 0.25) is 0 Å². The van der Waals surface area contributed by atoms with E-state index >= 15 is 0 Å². The highest BCUT2D eigenvalue weighted by molar-refractivity contribution is 5.94. The lowest BCUT2D eigenvalue weighted by atomic mass is 9.77. The number of hydrogen-bond donors (Lipinski definition) is 3. The van der Waals surface area contributed by atoms with Crippen LogP contribution in [0, 0.1) is 23.7 Å². The first kappa shape index (κ1) is 25.4. The number of likely N-dealkylation sites (tertiary alicyclic amines) is 1. The third kappa shape index (κ3) is 5.82. The van der Waals surface area contributed by atoms with Gasteiger partial charge in [-0.15, -0.1) is 0 Å². The van der Waals surface area contributed by atoms with Crippen molar-refractivity contribution in [2.45, 2.75) is 89.3 Å². The number of hydrogen-bond acceptors (Lipinski definition) is 4. The number of benzene rings is 1. The fourth-order valence-corrected chi connectivity index (χ4v) is 7.36. The lowest BCUT2D eigenvalue weighted by Gasteiger charge is -2.33. The second-order valence-electron chi connectivity index (χ2n) is 12.2. The number of fused-ring (bicyclic) bond motifs is 2. The van der Waals surface area contributed by atoms with Crippen LogP contribution in [0.3, 0.4) is 0 Å². The van der Waals surface area contributed by atoms with Crippen molar-refractivity contribution in [2.24, 2.45) is 23.7 Å². The van der Waals surface area contributed by atoms with Crippen LogP contribution in [-0.4, -0.2) is 59.3 Å². The van der Waals surface area contributed by atoms with E-state index in [1.165, 1.54) is 6.42 Å². The van der Waals surface area contributed by atoms with Gasteiger partial charge in [0.05, 0.1) is 12.2 Å². The van der Waals surface area contributed by atoms with Gasteiger partial charge < -0.3 is 25.4 Å². The summed E-state index contributed by atoms with van der Waals surface area (Å²) in [6.45, 7) is 6.21. The van der Waals surface area contributed by atoms with E-state index in [9.17, 15) is 14.7 Å². The molecule has 5 atom stereocenters. The van der Waals surface area contributed by atoms with Crippen LogP contribution in [0.25, 0.3) is 0 Å². The van der Waals surface area contributed by atoms with Crippen LogP contribution in [0.5, 0.6) is 5.75 Å². The summed E-state index contributed by atoms with van der Waals surface area (Å²) < 4.78 is 5.97. The number of ether oxygens (including phenoxy) is 1. The Morgan fingerprint density at radius 2 is 1.83 bits per heavy atom. The highest BCUT2D eigenvalue weighted by Crippen LogP contribution is 2.55. The van der Waals surface area contributed by atoms with Crippen LogP contribution in [0.15, 0.2) is 24.3 Å². The van der Waals surface area contributed by atoms with Crippen molar-refractivity contribution in [2.75, 3.05) is 19.7 Å². The SMILES string of the molecule is CC(C)NC(=O)N1CCC(CCOc2ccc(C(=O)NC3CCC4CC5CC(O)(C4)CC53)cc2)CC1. The monoisotopic (exact) mass is 497 g/mol. The molecule has 4 aliphatic rings. The van der Waals surface area contributed by atoms with Crippen LogP contribution in [0.4, 0.5) is 4.79 Å². The van der Waals surface area contributed by atoms with Crippen molar-refractivity contribution in [3.05, 3.63) is 29.8 Å². The minimum atomic E-state index is -0.486. The molecular weight excluding hydrogens is 454 g/mol. The second-order valence-corrected chi connectivity index (χ2v) is 12.2. The normalized spacial score (nSPS) is 31.8. The fraction of sp³-hybridized carbons (Fsp3) is 0.724. The van der Waals surface area contributed by atoms with Gasteiger partial charge in [-0.05, 0) is 120 Å². The van der Waals surface area contributed by atoms with Gasteiger partial charge in [0.25, 0.3) is 5.91 Å². The fourth-order valence-electron chi connectivity index (χ4n) is 7.36. The van der Waals surface area contributed by atoms with Gasteiger partial charge in [-0.3, -0.25) is 4.79 Å². The molecule has 3 bridgehead atoms. The molecule has 7 heteroatoms. The molecule has 7 nitrogen and oxygen atoms in total. The van der Waals surface area contributed by atoms with Gasteiger partial charge in [0.15, 0.2) is 0 Å². The largest absolute Gasteiger partial charge is 0.494 e. The topological polar surface area (TPSA) is 90.9 Å². The molecule has 0 aromatic heterocycles. The Labute approximate surface area is 215 Å². The molecule has 3 aliphatic carbocycles. The van der Waals surface area contributed by atoms with E-state index < -0.39 is 5.60 Å². The molecule has 1 aliphatic heterocycles. The van der Waals surface area contributed by atoms with Crippen molar-refractivity contribution >= 4 is 11.9 Å². The first-order chi connectivity index (χ1) is 17.3. The van der Waals surface area contributed by atoms with Crippen LogP contribution >= 0.6 is 0 Å². The van der Waals surface area contributed by atoms with E-state index in [1.54, 1.807) is 0 Å². The number of nitrogens with zero attached hydrogens (tertiary/aromatic N) is 1. The van der Waals surface area contributed by atoms with E-state index in [4.69, 9.17) is 4.74 Å². The molecule has 0 radical (unpaired) electrons. The zero-order chi connectivity index (χ0) is 25.3. The van der Waals surface area contributed by atoms with Crippen molar-refractivity contribution in [1.82, 2.24) is 15.5 Å². The third-order valence-corrected chi connectivity index (χ3v) is 9.11. The van der Waals surface area contributed by atoms with E-state index in [-0.39, 0.29) is 24.0 Å². The Bertz CT molecular complexity index is 927. The molecule has 0 spiro atoms. The summed E-state index contributed by atoms with van der Waals surface area (Å²) in [6, 6.07) is 7.85. The molecule has 3 saturated carbocycles. The number of urea groups is 1. The van der Waals surface area contributed by atoms with Gasteiger partial charge in [-0.1, -0.05) is 0 Å². The summed E-state index contributed by atoms with van der Waals surface area (Å²) in [4.78, 5) is 27.1. The molecule has 5 unspecified atom stereocenters. The molecule has 4 fully saturated rings. The number of carbonyl (C=O) groups excluding carboxylic acids is 2. The second kappa shape index (κ2) is 10.6. The molecule has 198 valence electrons. The molecule has 1 saturated heterocycles. The Kier molecular flexibility index (Phi) is 7.47. The predicted molar refractivity (Wildman–Crippen MR) is 139 cm³/mol. The number of piperidine rings is 1. The van der Waals surface area contributed by atoms with Crippen LogP contribution < -0.4 is 15.4 Å².